The van der Waals surface area contributed by atoms with Gasteiger partial charge in [-0.3, -0.25) is 0 Å². The van der Waals surface area contributed by atoms with E-state index in [9.17, 15) is 4.79 Å². The summed E-state index contributed by atoms with van der Waals surface area (Å²) in [5.74, 6) is -0.885. The van der Waals surface area contributed by atoms with Crippen LogP contribution in [0.5, 0.6) is 0 Å². The summed E-state index contributed by atoms with van der Waals surface area (Å²) in [5.41, 5.74) is -0.348. The normalized spacial score (nSPS) is 10.6. The lowest BCUT2D eigenvalue weighted by Gasteiger charge is -2.08. The standard InChI is InChI=1S/C9H10N2O3/c1-2-3-8(12)14-9(13)4-7(5-10)6-11/h4,8,12H,2-3H2,1H3. The van der Waals surface area contributed by atoms with E-state index in [2.05, 4.69) is 4.74 Å². The molecule has 0 aliphatic heterocycles. The van der Waals surface area contributed by atoms with Crippen LogP contribution in [-0.4, -0.2) is 17.4 Å². The fourth-order valence-corrected chi connectivity index (χ4v) is 0.681. The minimum Gasteiger partial charge on any atom is -0.433 e. The van der Waals surface area contributed by atoms with Crippen molar-refractivity contribution in [1.82, 2.24) is 0 Å². The zero-order valence-electron chi connectivity index (χ0n) is 7.73. The topological polar surface area (TPSA) is 94.1 Å². The van der Waals surface area contributed by atoms with Crippen molar-refractivity contribution in [3.05, 3.63) is 11.6 Å². The maximum atomic E-state index is 10.9. The van der Waals surface area contributed by atoms with Crippen LogP contribution in [-0.2, 0) is 9.53 Å². The van der Waals surface area contributed by atoms with Gasteiger partial charge in [0.25, 0.3) is 0 Å². The molecule has 5 heteroatoms. The predicted molar refractivity (Wildman–Crippen MR) is 46.3 cm³/mol. The Morgan fingerprint density at radius 3 is 2.57 bits per heavy atom. The third-order valence-electron chi connectivity index (χ3n) is 1.29. The quantitative estimate of drug-likeness (QED) is 0.306. The van der Waals surface area contributed by atoms with Gasteiger partial charge >= 0.3 is 5.97 Å². The van der Waals surface area contributed by atoms with Crippen LogP contribution in [0.3, 0.4) is 0 Å². The minimum absolute atomic E-state index is 0.327. The zero-order chi connectivity index (χ0) is 11.0. The molecule has 1 unspecified atom stereocenters. The highest BCUT2D eigenvalue weighted by Crippen LogP contribution is 2.00. The average Bonchev–Trinajstić information content (AvgIpc) is 2.14. The lowest BCUT2D eigenvalue weighted by molar-refractivity contribution is -0.162. The van der Waals surface area contributed by atoms with E-state index in [-0.39, 0.29) is 5.57 Å². The first kappa shape index (κ1) is 12.2. The number of aliphatic hydroxyl groups excluding tert-OH is 1. The minimum atomic E-state index is -1.18. The molecular weight excluding hydrogens is 184 g/mol. The molecule has 0 saturated carbocycles. The van der Waals surface area contributed by atoms with Gasteiger partial charge in [0.05, 0.1) is 6.08 Å². The molecular formula is C9H10N2O3. The number of carbonyl (C=O) groups is 1. The molecule has 0 amide bonds. The first-order valence-corrected chi connectivity index (χ1v) is 4.04. The summed E-state index contributed by atoms with van der Waals surface area (Å²) in [6.07, 6.45) is 0.566. The Morgan fingerprint density at radius 2 is 2.14 bits per heavy atom. The molecule has 1 atom stereocenters. The Hall–Kier alpha value is -1.85. The summed E-state index contributed by atoms with van der Waals surface area (Å²) in [5, 5.41) is 25.6. The number of allylic oxidation sites excluding steroid dienone is 1. The Kier molecular flexibility index (Phi) is 5.77. The van der Waals surface area contributed by atoms with Crippen molar-refractivity contribution in [3.63, 3.8) is 0 Å². The fourth-order valence-electron chi connectivity index (χ4n) is 0.681. The molecule has 0 aromatic carbocycles. The molecule has 0 aromatic heterocycles. The van der Waals surface area contributed by atoms with Crippen LogP contribution in [0.15, 0.2) is 11.6 Å². The van der Waals surface area contributed by atoms with Gasteiger partial charge in [0, 0.05) is 6.42 Å². The average molecular weight is 194 g/mol. The summed E-state index contributed by atoms with van der Waals surface area (Å²) in [6, 6.07) is 3.01. The van der Waals surface area contributed by atoms with Crippen LogP contribution in [0, 0.1) is 22.7 Å². The molecule has 0 bridgehead atoms. The number of nitrogens with zero attached hydrogens (tertiary/aromatic N) is 2. The molecule has 0 heterocycles. The van der Waals surface area contributed by atoms with E-state index in [1.807, 2.05) is 6.92 Å². The molecule has 0 rings (SSSR count). The summed E-state index contributed by atoms with van der Waals surface area (Å²) in [7, 11) is 0. The Morgan fingerprint density at radius 1 is 1.57 bits per heavy atom. The maximum Gasteiger partial charge on any atom is 0.335 e. The van der Waals surface area contributed by atoms with E-state index >= 15 is 0 Å². The summed E-state index contributed by atoms with van der Waals surface area (Å²) >= 11 is 0. The van der Waals surface area contributed by atoms with E-state index in [0.717, 1.165) is 6.08 Å². The number of aliphatic hydroxyl groups is 1. The van der Waals surface area contributed by atoms with Crippen LogP contribution in [0.4, 0.5) is 0 Å². The van der Waals surface area contributed by atoms with E-state index < -0.39 is 12.3 Å². The number of hydrogen-bond donors (Lipinski definition) is 1. The predicted octanol–water partition coefficient (Wildman–Crippen LogP) is 0.622. The van der Waals surface area contributed by atoms with Gasteiger partial charge in [-0.2, -0.15) is 10.5 Å². The Bertz CT molecular complexity index is 293. The molecule has 0 saturated heterocycles. The van der Waals surface area contributed by atoms with Crippen LogP contribution < -0.4 is 0 Å². The highest BCUT2D eigenvalue weighted by Gasteiger charge is 2.08. The Labute approximate surface area is 81.8 Å². The van der Waals surface area contributed by atoms with Crippen molar-refractivity contribution in [2.45, 2.75) is 26.1 Å². The third-order valence-corrected chi connectivity index (χ3v) is 1.29. The van der Waals surface area contributed by atoms with Gasteiger partial charge in [-0.25, -0.2) is 4.79 Å². The third kappa shape index (κ3) is 4.91. The van der Waals surface area contributed by atoms with Gasteiger partial charge < -0.3 is 9.84 Å². The summed E-state index contributed by atoms with van der Waals surface area (Å²) in [6.45, 7) is 1.82. The molecule has 5 nitrogen and oxygen atoms in total. The molecule has 0 spiro atoms. The molecule has 0 fully saturated rings. The van der Waals surface area contributed by atoms with Crippen LogP contribution in [0.1, 0.15) is 19.8 Å². The number of rotatable bonds is 4. The van der Waals surface area contributed by atoms with Crippen molar-refractivity contribution < 1.29 is 14.6 Å². The SMILES string of the molecule is CCCC(O)OC(=O)C=C(C#N)C#N. The van der Waals surface area contributed by atoms with E-state index in [1.54, 1.807) is 0 Å². The van der Waals surface area contributed by atoms with Crippen molar-refractivity contribution in [1.29, 1.82) is 10.5 Å². The second-order valence-corrected chi connectivity index (χ2v) is 2.46. The van der Waals surface area contributed by atoms with Crippen LogP contribution >= 0.6 is 0 Å². The molecule has 0 aromatic rings. The van der Waals surface area contributed by atoms with E-state index in [4.69, 9.17) is 15.6 Å². The Balaban J connectivity index is 4.19. The van der Waals surface area contributed by atoms with E-state index in [1.165, 1.54) is 12.1 Å². The molecule has 74 valence electrons. The molecule has 14 heavy (non-hydrogen) atoms. The van der Waals surface area contributed by atoms with Gasteiger partial charge in [-0.1, -0.05) is 13.3 Å². The smallest absolute Gasteiger partial charge is 0.335 e. The first-order chi connectivity index (χ1) is 6.63. The second-order valence-electron chi connectivity index (χ2n) is 2.46. The van der Waals surface area contributed by atoms with Gasteiger partial charge in [-0.05, 0) is 0 Å². The molecule has 0 aliphatic rings. The lowest BCUT2D eigenvalue weighted by Crippen LogP contribution is -2.15. The molecule has 1 N–H and O–H groups in total. The van der Waals surface area contributed by atoms with Gasteiger partial charge in [0.2, 0.25) is 6.29 Å². The van der Waals surface area contributed by atoms with Gasteiger partial charge in [0.1, 0.15) is 17.7 Å². The van der Waals surface area contributed by atoms with Crippen molar-refractivity contribution >= 4 is 5.97 Å². The first-order valence-electron chi connectivity index (χ1n) is 4.04. The number of carbonyl (C=O) groups excluding carboxylic acids is 1. The number of hydrogen-bond acceptors (Lipinski definition) is 5. The van der Waals surface area contributed by atoms with E-state index in [0.29, 0.717) is 12.8 Å². The zero-order valence-corrected chi connectivity index (χ0v) is 7.73. The number of esters is 1. The van der Waals surface area contributed by atoms with Gasteiger partial charge in [-0.15, -0.1) is 0 Å². The molecule has 0 aliphatic carbocycles. The maximum absolute atomic E-state index is 10.9. The monoisotopic (exact) mass is 194 g/mol. The number of nitriles is 2. The highest BCUT2D eigenvalue weighted by molar-refractivity contribution is 5.84. The summed E-state index contributed by atoms with van der Waals surface area (Å²) < 4.78 is 4.46. The van der Waals surface area contributed by atoms with Crippen molar-refractivity contribution in [2.75, 3.05) is 0 Å². The summed E-state index contributed by atoms with van der Waals surface area (Å²) in [4.78, 5) is 10.9. The molecule has 0 radical (unpaired) electrons. The number of ether oxygens (including phenoxy) is 1. The second kappa shape index (κ2) is 6.64. The van der Waals surface area contributed by atoms with Crippen molar-refractivity contribution in [2.24, 2.45) is 0 Å². The van der Waals surface area contributed by atoms with Crippen LogP contribution in [0.25, 0.3) is 0 Å². The fraction of sp³-hybridized carbons (Fsp3) is 0.444. The van der Waals surface area contributed by atoms with Gasteiger partial charge in [0.15, 0.2) is 0 Å². The van der Waals surface area contributed by atoms with Crippen LogP contribution in [0.2, 0.25) is 0 Å². The highest BCUT2D eigenvalue weighted by atomic mass is 16.6. The van der Waals surface area contributed by atoms with Crippen molar-refractivity contribution in [3.8, 4) is 12.1 Å². The lowest BCUT2D eigenvalue weighted by atomic mass is 10.3. The largest absolute Gasteiger partial charge is 0.433 e.